The van der Waals surface area contributed by atoms with Gasteiger partial charge in [0, 0.05) is 24.9 Å². The molecular formula is C11H16N2O2. The number of aromatic nitrogens is 2. The summed E-state index contributed by atoms with van der Waals surface area (Å²) < 4.78 is 6.79. The number of hydrogen-bond donors (Lipinski definition) is 0. The molecule has 0 N–H and O–H groups in total. The average molecular weight is 208 g/mol. The van der Waals surface area contributed by atoms with Crippen LogP contribution in [0.25, 0.3) is 6.08 Å². The molecule has 0 amide bonds. The van der Waals surface area contributed by atoms with Crippen LogP contribution < -0.4 is 0 Å². The molecule has 0 saturated carbocycles. The van der Waals surface area contributed by atoms with E-state index < -0.39 is 5.60 Å². The van der Waals surface area contributed by atoms with Crippen molar-refractivity contribution in [2.45, 2.75) is 26.4 Å². The molecule has 0 bridgehead atoms. The molecule has 0 fully saturated rings. The van der Waals surface area contributed by atoms with Crippen molar-refractivity contribution in [3.63, 3.8) is 0 Å². The minimum atomic E-state index is -0.448. The predicted octanol–water partition coefficient (Wildman–Crippen LogP) is 1.77. The standard InChI is InChI=1S/C11H16N2O2/c1-11(2,3)15-10(14)6-5-9-7-12-13(4)8-9/h5-8H,1-4H3. The summed E-state index contributed by atoms with van der Waals surface area (Å²) in [6, 6.07) is 0. The minimum Gasteiger partial charge on any atom is -0.457 e. The van der Waals surface area contributed by atoms with Gasteiger partial charge in [0.1, 0.15) is 5.60 Å². The lowest BCUT2D eigenvalue weighted by molar-refractivity contribution is -0.148. The Kier molecular flexibility index (Phi) is 3.29. The Morgan fingerprint density at radius 3 is 2.67 bits per heavy atom. The third kappa shape index (κ3) is 4.44. The summed E-state index contributed by atoms with van der Waals surface area (Å²) in [5.41, 5.74) is 0.430. The highest BCUT2D eigenvalue weighted by Gasteiger charge is 2.13. The number of esters is 1. The summed E-state index contributed by atoms with van der Waals surface area (Å²) in [5, 5.41) is 3.98. The van der Waals surface area contributed by atoms with Gasteiger partial charge in [-0.1, -0.05) is 0 Å². The van der Waals surface area contributed by atoms with E-state index in [0.29, 0.717) is 0 Å². The Bertz CT molecular complexity index is 372. The van der Waals surface area contributed by atoms with Crippen LogP contribution in [0.4, 0.5) is 0 Å². The fourth-order valence-corrected chi connectivity index (χ4v) is 1.03. The topological polar surface area (TPSA) is 44.1 Å². The minimum absolute atomic E-state index is 0.341. The van der Waals surface area contributed by atoms with E-state index in [1.54, 1.807) is 17.0 Å². The SMILES string of the molecule is Cn1cc(C=CC(=O)OC(C)(C)C)cn1. The molecule has 0 saturated heterocycles. The quantitative estimate of drug-likeness (QED) is 0.549. The van der Waals surface area contributed by atoms with Gasteiger partial charge in [0.25, 0.3) is 0 Å². The van der Waals surface area contributed by atoms with E-state index in [1.165, 1.54) is 6.08 Å². The largest absolute Gasteiger partial charge is 0.457 e. The van der Waals surface area contributed by atoms with Gasteiger partial charge in [-0.25, -0.2) is 4.79 Å². The van der Waals surface area contributed by atoms with Crippen LogP contribution in [-0.4, -0.2) is 21.4 Å². The summed E-state index contributed by atoms with van der Waals surface area (Å²) in [6.45, 7) is 5.51. The second-order valence-electron chi connectivity index (χ2n) is 4.31. The Morgan fingerprint density at radius 2 is 2.20 bits per heavy atom. The molecule has 0 atom stereocenters. The van der Waals surface area contributed by atoms with Crippen molar-refractivity contribution >= 4 is 12.0 Å². The van der Waals surface area contributed by atoms with Gasteiger partial charge in [-0.3, -0.25) is 4.68 Å². The van der Waals surface area contributed by atoms with Gasteiger partial charge in [0.2, 0.25) is 0 Å². The Balaban J connectivity index is 2.55. The summed E-state index contributed by atoms with van der Waals surface area (Å²) in [5.74, 6) is -0.341. The van der Waals surface area contributed by atoms with Crippen molar-refractivity contribution < 1.29 is 9.53 Å². The fraction of sp³-hybridized carbons (Fsp3) is 0.455. The smallest absolute Gasteiger partial charge is 0.331 e. The maximum Gasteiger partial charge on any atom is 0.331 e. The van der Waals surface area contributed by atoms with Crippen LogP contribution in [-0.2, 0) is 16.6 Å². The molecule has 1 heterocycles. The van der Waals surface area contributed by atoms with Gasteiger partial charge < -0.3 is 4.74 Å². The third-order valence-corrected chi connectivity index (χ3v) is 1.54. The van der Waals surface area contributed by atoms with Crippen LogP contribution in [0.15, 0.2) is 18.5 Å². The number of nitrogens with zero attached hydrogens (tertiary/aromatic N) is 2. The summed E-state index contributed by atoms with van der Waals surface area (Å²) >= 11 is 0. The highest BCUT2D eigenvalue weighted by molar-refractivity contribution is 5.87. The van der Waals surface area contributed by atoms with Gasteiger partial charge >= 0.3 is 5.97 Å². The van der Waals surface area contributed by atoms with E-state index in [9.17, 15) is 4.79 Å². The van der Waals surface area contributed by atoms with E-state index in [-0.39, 0.29) is 5.97 Å². The normalized spacial score (nSPS) is 12.0. The van der Waals surface area contributed by atoms with Crippen molar-refractivity contribution in [3.05, 3.63) is 24.0 Å². The van der Waals surface area contributed by atoms with Gasteiger partial charge in [0.15, 0.2) is 0 Å². The Morgan fingerprint density at radius 1 is 1.53 bits per heavy atom. The molecule has 0 aliphatic rings. The van der Waals surface area contributed by atoms with Crippen LogP contribution in [0.3, 0.4) is 0 Å². The average Bonchev–Trinajstić information content (AvgIpc) is 2.45. The molecule has 1 aromatic heterocycles. The lowest BCUT2D eigenvalue weighted by atomic mass is 10.2. The maximum absolute atomic E-state index is 11.3. The van der Waals surface area contributed by atoms with Crippen molar-refractivity contribution in [1.82, 2.24) is 9.78 Å². The zero-order chi connectivity index (χ0) is 11.5. The summed E-state index contributed by atoms with van der Waals surface area (Å²) in [6.07, 6.45) is 6.59. The molecule has 15 heavy (non-hydrogen) atoms. The first-order valence-electron chi connectivity index (χ1n) is 4.76. The van der Waals surface area contributed by atoms with Gasteiger partial charge in [-0.15, -0.1) is 0 Å². The van der Waals surface area contributed by atoms with Crippen molar-refractivity contribution in [2.24, 2.45) is 7.05 Å². The highest BCUT2D eigenvalue weighted by atomic mass is 16.6. The molecule has 1 rings (SSSR count). The molecule has 4 heteroatoms. The first-order chi connectivity index (χ1) is 6.87. The maximum atomic E-state index is 11.3. The molecule has 0 spiro atoms. The van der Waals surface area contributed by atoms with Crippen LogP contribution in [0, 0.1) is 0 Å². The van der Waals surface area contributed by atoms with E-state index >= 15 is 0 Å². The summed E-state index contributed by atoms with van der Waals surface area (Å²) in [4.78, 5) is 11.3. The van der Waals surface area contributed by atoms with E-state index in [2.05, 4.69) is 5.10 Å². The van der Waals surface area contributed by atoms with Gasteiger partial charge in [0.05, 0.1) is 6.20 Å². The van der Waals surface area contributed by atoms with Crippen molar-refractivity contribution in [1.29, 1.82) is 0 Å². The number of aryl methyl sites for hydroxylation is 1. The molecule has 82 valence electrons. The van der Waals surface area contributed by atoms with Crippen LogP contribution in [0.5, 0.6) is 0 Å². The number of hydrogen-bond acceptors (Lipinski definition) is 3. The van der Waals surface area contributed by atoms with Crippen molar-refractivity contribution in [3.8, 4) is 0 Å². The van der Waals surface area contributed by atoms with Gasteiger partial charge in [-0.05, 0) is 26.8 Å². The van der Waals surface area contributed by atoms with Crippen LogP contribution >= 0.6 is 0 Å². The third-order valence-electron chi connectivity index (χ3n) is 1.54. The zero-order valence-electron chi connectivity index (χ0n) is 9.52. The second-order valence-corrected chi connectivity index (χ2v) is 4.31. The van der Waals surface area contributed by atoms with Gasteiger partial charge in [-0.2, -0.15) is 5.10 Å². The van der Waals surface area contributed by atoms with E-state index in [4.69, 9.17) is 4.74 Å². The molecule has 0 radical (unpaired) electrons. The van der Waals surface area contributed by atoms with Crippen molar-refractivity contribution in [2.75, 3.05) is 0 Å². The predicted molar refractivity (Wildman–Crippen MR) is 58.1 cm³/mol. The lowest BCUT2D eigenvalue weighted by Crippen LogP contribution is -2.22. The Hall–Kier alpha value is -1.58. The highest BCUT2D eigenvalue weighted by Crippen LogP contribution is 2.08. The molecule has 0 aliphatic heterocycles. The molecule has 0 aliphatic carbocycles. The second kappa shape index (κ2) is 4.29. The van der Waals surface area contributed by atoms with Crippen LogP contribution in [0.2, 0.25) is 0 Å². The van der Waals surface area contributed by atoms with E-state index in [1.807, 2.05) is 34.0 Å². The molecule has 0 aromatic carbocycles. The zero-order valence-corrected chi connectivity index (χ0v) is 9.52. The molecule has 0 unspecified atom stereocenters. The first kappa shape index (κ1) is 11.5. The number of ether oxygens (including phenoxy) is 1. The fourth-order valence-electron chi connectivity index (χ4n) is 1.03. The summed E-state index contributed by atoms with van der Waals surface area (Å²) in [7, 11) is 1.82. The van der Waals surface area contributed by atoms with E-state index in [0.717, 1.165) is 5.56 Å². The Labute approximate surface area is 89.5 Å². The number of carbonyl (C=O) groups is 1. The lowest BCUT2D eigenvalue weighted by Gasteiger charge is -2.17. The molecule has 4 nitrogen and oxygen atoms in total. The monoisotopic (exact) mass is 208 g/mol. The number of carbonyl (C=O) groups excluding carboxylic acids is 1. The van der Waals surface area contributed by atoms with Crippen LogP contribution in [0.1, 0.15) is 26.3 Å². The first-order valence-corrected chi connectivity index (χ1v) is 4.76. The number of rotatable bonds is 2. The molecular weight excluding hydrogens is 192 g/mol. The molecule has 1 aromatic rings.